The second-order valence-corrected chi connectivity index (χ2v) is 7.19. The summed E-state index contributed by atoms with van der Waals surface area (Å²) >= 11 is 7.69. The van der Waals surface area contributed by atoms with Gasteiger partial charge in [0, 0.05) is 36.1 Å². The highest BCUT2D eigenvalue weighted by Gasteiger charge is 2.13. The van der Waals surface area contributed by atoms with E-state index in [1.165, 1.54) is 5.56 Å². The van der Waals surface area contributed by atoms with Crippen molar-refractivity contribution < 1.29 is 0 Å². The number of aryl methyl sites for hydroxylation is 2. The van der Waals surface area contributed by atoms with Crippen molar-refractivity contribution in [1.29, 1.82) is 0 Å². The van der Waals surface area contributed by atoms with Crippen LogP contribution in [0.4, 0.5) is 0 Å². The van der Waals surface area contributed by atoms with Crippen LogP contribution >= 0.6 is 23.4 Å². The Morgan fingerprint density at radius 1 is 1.24 bits per heavy atom. The topological polar surface area (TPSA) is 48.5 Å². The molecular formula is C18H20ClN5S. The summed E-state index contributed by atoms with van der Waals surface area (Å²) in [7, 11) is 1.94. The molecule has 0 aliphatic carbocycles. The monoisotopic (exact) mass is 373 g/mol. The minimum atomic E-state index is 0.676. The van der Waals surface area contributed by atoms with Crippen LogP contribution in [-0.4, -0.2) is 30.3 Å². The molecule has 25 heavy (non-hydrogen) atoms. The van der Waals surface area contributed by atoms with E-state index in [-0.39, 0.29) is 0 Å². The number of allylic oxidation sites excluding steroid dienone is 1. The number of hydrogen-bond donors (Lipinski definition) is 0. The zero-order valence-electron chi connectivity index (χ0n) is 14.1. The molecule has 3 rings (SSSR count). The Morgan fingerprint density at radius 2 is 2.04 bits per heavy atom. The molecule has 5 nitrogen and oxygen atoms in total. The second kappa shape index (κ2) is 8.36. The lowest BCUT2D eigenvalue weighted by Gasteiger charge is -2.07. The van der Waals surface area contributed by atoms with Gasteiger partial charge >= 0.3 is 0 Å². The maximum atomic E-state index is 5.97. The molecule has 0 aliphatic heterocycles. The summed E-state index contributed by atoms with van der Waals surface area (Å²) in [5.41, 5.74) is 2.26. The number of benzene rings is 1. The summed E-state index contributed by atoms with van der Waals surface area (Å²) in [6.45, 7) is 4.52. The van der Waals surface area contributed by atoms with E-state index in [1.807, 2.05) is 48.3 Å². The van der Waals surface area contributed by atoms with Crippen LogP contribution in [0.15, 0.2) is 54.5 Å². The second-order valence-electron chi connectivity index (χ2n) is 5.69. The van der Waals surface area contributed by atoms with Gasteiger partial charge in [0.05, 0.1) is 6.20 Å². The smallest absolute Gasteiger partial charge is 0.191 e. The van der Waals surface area contributed by atoms with Crippen LogP contribution in [-0.2, 0) is 20.0 Å². The van der Waals surface area contributed by atoms with Crippen LogP contribution in [0.5, 0.6) is 0 Å². The van der Waals surface area contributed by atoms with Gasteiger partial charge < -0.3 is 0 Å². The van der Waals surface area contributed by atoms with Crippen molar-refractivity contribution in [3.05, 3.63) is 59.9 Å². The van der Waals surface area contributed by atoms with Gasteiger partial charge in [-0.25, -0.2) is 0 Å². The Hall–Kier alpha value is -2.05. The first-order valence-corrected chi connectivity index (χ1v) is 9.44. The first kappa shape index (κ1) is 17.8. The van der Waals surface area contributed by atoms with Crippen molar-refractivity contribution in [3.8, 4) is 11.4 Å². The van der Waals surface area contributed by atoms with Gasteiger partial charge in [-0.1, -0.05) is 29.4 Å². The van der Waals surface area contributed by atoms with Crippen LogP contribution < -0.4 is 0 Å². The van der Waals surface area contributed by atoms with Gasteiger partial charge in [-0.2, -0.15) is 5.10 Å². The molecule has 0 saturated carbocycles. The molecule has 130 valence electrons. The third-order valence-corrected chi connectivity index (χ3v) is 5.04. The first-order valence-electron chi connectivity index (χ1n) is 8.07. The van der Waals surface area contributed by atoms with E-state index in [0.29, 0.717) is 11.6 Å². The van der Waals surface area contributed by atoms with Gasteiger partial charge in [-0.15, -0.1) is 16.8 Å². The maximum Gasteiger partial charge on any atom is 0.191 e. The van der Waals surface area contributed by atoms with E-state index >= 15 is 0 Å². The fraction of sp³-hybridized carbons (Fsp3) is 0.278. The molecular weight excluding hydrogens is 354 g/mol. The fourth-order valence-electron chi connectivity index (χ4n) is 2.54. The number of aromatic nitrogens is 5. The van der Waals surface area contributed by atoms with Crippen LogP contribution in [0.25, 0.3) is 11.4 Å². The molecule has 1 aromatic carbocycles. The van der Waals surface area contributed by atoms with Crippen molar-refractivity contribution in [2.45, 2.75) is 24.5 Å². The summed E-state index contributed by atoms with van der Waals surface area (Å²) in [5.74, 6) is 1.82. The number of nitrogens with zero attached hydrogens (tertiary/aromatic N) is 5. The summed E-state index contributed by atoms with van der Waals surface area (Å²) in [6, 6.07) is 7.65. The van der Waals surface area contributed by atoms with E-state index < -0.39 is 0 Å². The highest BCUT2D eigenvalue weighted by atomic mass is 35.5. The van der Waals surface area contributed by atoms with Crippen molar-refractivity contribution in [2.75, 3.05) is 5.75 Å². The molecule has 0 radical (unpaired) electrons. The van der Waals surface area contributed by atoms with Crippen molar-refractivity contribution in [1.82, 2.24) is 24.5 Å². The molecule has 0 amide bonds. The molecule has 0 aliphatic rings. The zero-order chi connectivity index (χ0) is 17.6. The van der Waals surface area contributed by atoms with E-state index in [9.17, 15) is 0 Å². The Morgan fingerprint density at radius 3 is 2.72 bits per heavy atom. The lowest BCUT2D eigenvalue weighted by molar-refractivity contribution is 0.730. The van der Waals surface area contributed by atoms with Gasteiger partial charge in [-0.05, 0) is 42.7 Å². The Balaban J connectivity index is 1.66. The normalized spacial score (nSPS) is 11.0. The minimum Gasteiger partial charge on any atom is -0.298 e. The minimum absolute atomic E-state index is 0.676. The van der Waals surface area contributed by atoms with Gasteiger partial charge in [0.25, 0.3) is 0 Å². The van der Waals surface area contributed by atoms with Crippen LogP contribution in [0, 0.1) is 0 Å². The average Bonchev–Trinajstić information content (AvgIpc) is 3.19. The quantitative estimate of drug-likeness (QED) is 0.336. The number of rotatable bonds is 8. The van der Waals surface area contributed by atoms with Crippen LogP contribution in [0.2, 0.25) is 5.02 Å². The average molecular weight is 374 g/mol. The number of thioether (sulfide) groups is 1. The lowest BCUT2D eigenvalue weighted by atomic mass is 10.2. The fourth-order valence-corrected chi connectivity index (χ4v) is 3.56. The summed E-state index contributed by atoms with van der Waals surface area (Å²) in [6.07, 6.45) is 7.92. The highest BCUT2D eigenvalue weighted by Crippen LogP contribution is 2.25. The van der Waals surface area contributed by atoms with E-state index in [2.05, 4.69) is 32.6 Å². The van der Waals surface area contributed by atoms with E-state index in [0.717, 1.165) is 35.1 Å². The molecule has 7 heteroatoms. The van der Waals surface area contributed by atoms with Crippen molar-refractivity contribution in [3.63, 3.8) is 0 Å². The Kier molecular flexibility index (Phi) is 5.94. The molecule has 3 aromatic rings. The first-order chi connectivity index (χ1) is 12.2. The van der Waals surface area contributed by atoms with Crippen molar-refractivity contribution >= 4 is 23.4 Å². The Labute approximate surface area is 156 Å². The molecule has 0 fully saturated rings. The molecule has 0 spiro atoms. The van der Waals surface area contributed by atoms with Crippen LogP contribution in [0.1, 0.15) is 12.0 Å². The largest absolute Gasteiger partial charge is 0.298 e. The SMILES string of the molecule is C=CCn1c(SCCCc2cnn(C)c2)nnc1-c1ccc(Cl)cc1. The summed E-state index contributed by atoms with van der Waals surface area (Å²) in [4.78, 5) is 0. The van der Waals surface area contributed by atoms with Gasteiger partial charge in [0.1, 0.15) is 0 Å². The van der Waals surface area contributed by atoms with E-state index in [1.54, 1.807) is 11.8 Å². The molecule has 0 unspecified atom stereocenters. The van der Waals surface area contributed by atoms with E-state index in [4.69, 9.17) is 11.6 Å². The Bertz CT molecular complexity index is 838. The van der Waals surface area contributed by atoms with Gasteiger partial charge in [0.15, 0.2) is 11.0 Å². The zero-order valence-corrected chi connectivity index (χ0v) is 15.7. The predicted octanol–water partition coefficient (Wildman–Crippen LogP) is 4.24. The summed E-state index contributed by atoms with van der Waals surface area (Å²) in [5, 5.41) is 14.5. The lowest BCUT2D eigenvalue weighted by Crippen LogP contribution is -2.01. The molecule has 2 aromatic heterocycles. The third kappa shape index (κ3) is 4.52. The number of halogens is 1. The maximum absolute atomic E-state index is 5.97. The van der Waals surface area contributed by atoms with Crippen LogP contribution in [0.3, 0.4) is 0 Å². The summed E-state index contributed by atoms with van der Waals surface area (Å²) < 4.78 is 3.92. The predicted molar refractivity (Wildman–Crippen MR) is 103 cm³/mol. The molecule has 2 heterocycles. The number of hydrogen-bond acceptors (Lipinski definition) is 4. The third-order valence-electron chi connectivity index (χ3n) is 3.73. The van der Waals surface area contributed by atoms with Crippen molar-refractivity contribution in [2.24, 2.45) is 7.05 Å². The molecule has 0 saturated heterocycles. The standard InChI is InChI=1S/C18H20ClN5S/c1-3-10-24-17(15-6-8-16(19)9-7-15)21-22-18(24)25-11-4-5-14-12-20-23(2)13-14/h3,6-9,12-13H,1,4-5,10-11H2,2H3. The molecule has 0 atom stereocenters. The molecule has 0 bridgehead atoms. The van der Waals surface area contributed by atoms with Gasteiger partial charge in [-0.3, -0.25) is 9.25 Å². The van der Waals surface area contributed by atoms with Gasteiger partial charge in [0.2, 0.25) is 0 Å². The molecule has 0 N–H and O–H groups in total. The highest BCUT2D eigenvalue weighted by molar-refractivity contribution is 7.99.